The maximum absolute atomic E-state index is 15.1. The number of carbonyl (C=O) groups excluding carboxylic acids is 9. The van der Waals surface area contributed by atoms with E-state index in [4.69, 9.17) is 4.74 Å². The number of nitrogens with one attached hydrogen (secondary N) is 8. The molecule has 0 spiro atoms. The molecule has 5 rings (SSSR count). The molecule has 0 radical (unpaired) electrons. The molecule has 23 nitrogen and oxygen atoms in total. The summed E-state index contributed by atoms with van der Waals surface area (Å²) < 4.78 is 5.33. The highest BCUT2D eigenvalue weighted by atomic mass is 33.1. The van der Waals surface area contributed by atoms with Gasteiger partial charge in [0.25, 0.3) is 0 Å². The minimum atomic E-state index is -1.85. The van der Waals surface area contributed by atoms with Crippen LogP contribution >= 0.6 is 21.6 Å². The minimum absolute atomic E-state index is 0.0293. The highest BCUT2D eigenvalue weighted by Gasteiger charge is 2.38. The number of hydrogen-bond acceptors (Lipinski definition) is 16. The number of ether oxygens (including phenoxy) is 1. The predicted octanol–water partition coefficient (Wildman–Crippen LogP) is 2.91. The van der Waals surface area contributed by atoms with E-state index in [0.29, 0.717) is 29.5 Å². The Balaban J connectivity index is 1.61. The summed E-state index contributed by atoms with van der Waals surface area (Å²) in [5, 5.41) is 62.5. The number of aromatic hydroxyl groups is 1. The number of phenols is 1. The molecular formula is C60H80N8O15S2. The van der Waals surface area contributed by atoms with Crippen molar-refractivity contribution < 1.29 is 73.1 Å². The molecule has 85 heavy (non-hydrogen) atoms. The minimum Gasteiger partial charge on any atom is -0.508 e. The van der Waals surface area contributed by atoms with Gasteiger partial charge in [-0.15, -0.1) is 0 Å². The Morgan fingerprint density at radius 3 is 2.07 bits per heavy atom. The summed E-state index contributed by atoms with van der Waals surface area (Å²) in [5.74, 6) is -10.2. The lowest BCUT2D eigenvalue weighted by molar-refractivity contribution is -0.145. The Kier molecular flexibility index (Phi) is 26.7. The number of alkyl carbamates (subject to hydrolysis) is 1. The van der Waals surface area contributed by atoms with Gasteiger partial charge in [-0.1, -0.05) is 101 Å². The first-order chi connectivity index (χ1) is 40.3. The highest BCUT2D eigenvalue weighted by molar-refractivity contribution is 8.76. The zero-order valence-electron chi connectivity index (χ0n) is 48.6. The number of aliphatic hydroxyl groups excluding tert-OH is 2. The molecule has 0 saturated carbocycles. The van der Waals surface area contributed by atoms with E-state index in [0.717, 1.165) is 39.6 Å². The van der Waals surface area contributed by atoms with Crippen LogP contribution in [0.5, 0.6) is 5.75 Å². The molecule has 1 heterocycles. The molecular weight excluding hydrogens is 1140 g/mol. The maximum Gasteiger partial charge on any atom is 0.407 e. The van der Waals surface area contributed by atoms with Crippen molar-refractivity contribution in [3.05, 3.63) is 107 Å². The van der Waals surface area contributed by atoms with Gasteiger partial charge >= 0.3 is 12.1 Å². The fraction of sp³-hybridized carbons (Fsp3) is 0.500. The molecule has 0 unspecified atom stereocenters. The van der Waals surface area contributed by atoms with Crippen LogP contribution in [-0.4, -0.2) is 158 Å². The number of carboxylic acids is 1. The van der Waals surface area contributed by atoms with Crippen LogP contribution in [0.2, 0.25) is 0 Å². The summed E-state index contributed by atoms with van der Waals surface area (Å²) in [6.07, 6.45) is -1.41. The third-order valence-electron chi connectivity index (χ3n) is 13.9. The van der Waals surface area contributed by atoms with E-state index in [1.807, 2.05) is 30.3 Å². The van der Waals surface area contributed by atoms with Gasteiger partial charge in [0.15, 0.2) is 11.8 Å². The number of amides is 8. The van der Waals surface area contributed by atoms with E-state index < -0.39 is 132 Å². The number of rotatable bonds is 21. The normalized spacial score (nSPS) is 21.6. The van der Waals surface area contributed by atoms with Crippen molar-refractivity contribution >= 4 is 86.4 Å². The Labute approximate surface area is 502 Å². The monoisotopic (exact) mass is 1220 g/mol. The molecule has 1 fully saturated rings. The standard InChI is InChI=1S/C60H80N8O15S2/c1-7-15-49(73)62-44(29-36-16-9-8-10-17-36)54(76)65-46-32-84-85-33-47(56(78)68-51(35(3)70)58(80)81)66-57(79)50(34(2)69)67-53(75)43(20-13-14-27-61-59(82)83-60(4,5)6)63-55(77)45(30-39-24-23-38-18-11-12-19-42(38)39)64-52(74)40(31-48(46)72)28-37-21-25-41(71)26-22-37/h8-12,16-19,21-22,24-26,34-35,40,43-47,50-51,69-71H,7,13-15,20,23,27-33H2,1-6H3,(H,61,82)(H,62,73)(H,63,77)(H,64,74)(H,65,76)(H,66,79)(H,67,75)(H,68,78)(H,80,81)/t34-,35-,40-,43+,44-,45-,46+,47+,50+,51+/m1/s1. The van der Waals surface area contributed by atoms with Crippen LogP contribution < -0.4 is 42.5 Å². The molecule has 12 N–H and O–H groups in total. The van der Waals surface area contributed by atoms with Crippen molar-refractivity contribution in [1.82, 2.24) is 42.5 Å². The van der Waals surface area contributed by atoms with Crippen LogP contribution in [0.25, 0.3) is 5.57 Å². The summed E-state index contributed by atoms with van der Waals surface area (Å²) in [5.41, 5.74) is 2.87. The van der Waals surface area contributed by atoms with E-state index in [-0.39, 0.29) is 68.7 Å². The zero-order valence-corrected chi connectivity index (χ0v) is 50.3. The molecule has 1 saturated heterocycles. The molecule has 0 aromatic heterocycles. The smallest absolute Gasteiger partial charge is 0.407 e. The van der Waals surface area contributed by atoms with Crippen LogP contribution in [-0.2, 0) is 67.2 Å². The van der Waals surface area contributed by atoms with Gasteiger partial charge in [-0.05, 0) is 113 Å². The number of phenolic OH excluding ortho intramolecular Hbond substituents is 1. The van der Waals surface area contributed by atoms with Crippen LogP contribution in [0.1, 0.15) is 109 Å². The van der Waals surface area contributed by atoms with Gasteiger partial charge in [-0.3, -0.25) is 38.4 Å². The SMILES string of the molecule is CCCC(=O)N[C@H](Cc1ccccc1)C(=O)N[C@H]1CSSC[C@@H](C(=O)N[C@H](C(=O)O)[C@@H](C)O)NC(=O)[C@H]([C@@H](C)O)NC(=O)[C@H](CCCCNC(=O)OC(C)(C)C)NC(=O)[C@@H](CC2=CCc3ccccc32)NC(=O)[C@H](Cc2ccc(O)cc2)CC1=O. The van der Waals surface area contributed by atoms with Crippen LogP contribution in [0.3, 0.4) is 0 Å². The van der Waals surface area contributed by atoms with E-state index >= 15 is 14.4 Å². The molecule has 25 heteroatoms. The molecule has 462 valence electrons. The first-order valence-corrected chi connectivity index (χ1v) is 30.8. The van der Waals surface area contributed by atoms with Crippen molar-refractivity contribution in [3.8, 4) is 5.75 Å². The molecule has 1 aliphatic carbocycles. The third kappa shape index (κ3) is 22.5. The van der Waals surface area contributed by atoms with Gasteiger partial charge in [0.2, 0.25) is 41.4 Å². The Bertz CT molecular complexity index is 2850. The molecule has 8 amide bonds. The summed E-state index contributed by atoms with van der Waals surface area (Å²) in [6.45, 7) is 9.29. The average molecular weight is 1220 g/mol. The average Bonchev–Trinajstić information content (AvgIpc) is 3.67. The quantitative estimate of drug-likeness (QED) is 0.0539. The maximum atomic E-state index is 15.1. The van der Waals surface area contributed by atoms with Crippen molar-refractivity contribution in [1.29, 1.82) is 0 Å². The molecule has 3 aromatic rings. The van der Waals surface area contributed by atoms with Gasteiger partial charge in [-0.2, -0.15) is 0 Å². The number of unbranched alkanes of at least 4 members (excludes halogenated alkanes) is 1. The number of fused-ring (bicyclic) bond motifs is 1. The topological polar surface area (TPSA) is 357 Å². The van der Waals surface area contributed by atoms with Crippen molar-refractivity contribution in [2.75, 3.05) is 18.1 Å². The van der Waals surface area contributed by atoms with Crippen LogP contribution in [0.4, 0.5) is 4.79 Å². The first kappa shape index (κ1) is 68.3. The van der Waals surface area contributed by atoms with E-state index in [1.165, 1.54) is 19.1 Å². The molecule has 2 aliphatic rings. The van der Waals surface area contributed by atoms with Gasteiger partial charge in [-0.25, -0.2) is 9.59 Å². The van der Waals surface area contributed by atoms with Gasteiger partial charge in [0.1, 0.15) is 41.6 Å². The van der Waals surface area contributed by atoms with E-state index in [1.54, 1.807) is 70.2 Å². The second-order valence-corrected chi connectivity index (χ2v) is 24.7. The zero-order chi connectivity index (χ0) is 62.4. The number of Topliss-reactive ketones (excluding diaryl/α,β-unsaturated/α-hetero) is 1. The van der Waals surface area contributed by atoms with E-state index in [9.17, 15) is 54.0 Å². The molecule has 10 atom stereocenters. The summed E-state index contributed by atoms with van der Waals surface area (Å²) in [7, 11) is 1.86. The van der Waals surface area contributed by atoms with Crippen LogP contribution in [0, 0.1) is 5.92 Å². The number of carboxylic acid groups (broad SMARTS) is 1. The highest BCUT2D eigenvalue weighted by Crippen LogP contribution is 2.31. The van der Waals surface area contributed by atoms with Crippen molar-refractivity contribution in [3.63, 3.8) is 0 Å². The number of carbonyl (C=O) groups is 10. The van der Waals surface area contributed by atoms with Crippen molar-refractivity contribution in [2.24, 2.45) is 5.92 Å². The van der Waals surface area contributed by atoms with Gasteiger partial charge in [0, 0.05) is 49.7 Å². The first-order valence-electron chi connectivity index (χ1n) is 28.4. The fourth-order valence-corrected chi connectivity index (χ4v) is 11.7. The second-order valence-electron chi connectivity index (χ2n) is 22.1. The Morgan fingerprint density at radius 1 is 0.753 bits per heavy atom. The lowest BCUT2D eigenvalue weighted by Crippen LogP contribution is -2.62. The van der Waals surface area contributed by atoms with Gasteiger partial charge in [0.05, 0.1) is 18.2 Å². The summed E-state index contributed by atoms with van der Waals surface area (Å²) in [6, 6.07) is 11.4. The number of hydrogen-bond donors (Lipinski definition) is 12. The third-order valence-corrected chi connectivity index (χ3v) is 16.3. The fourth-order valence-electron chi connectivity index (χ4n) is 9.36. The van der Waals surface area contributed by atoms with Crippen molar-refractivity contribution in [2.45, 2.75) is 166 Å². The Morgan fingerprint density at radius 2 is 1.41 bits per heavy atom. The number of ketones is 1. The lowest BCUT2D eigenvalue weighted by Gasteiger charge is -2.29. The number of allylic oxidation sites excluding steroid dienone is 1. The molecule has 0 bridgehead atoms. The number of aliphatic carboxylic acids is 1. The number of benzene rings is 3. The molecule has 3 aromatic carbocycles. The molecule has 1 aliphatic heterocycles. The predicted molar refractivity (Wildman–Crippen MR) is 320 cm³/mol. The van der Waals surface area contributed by atoms with Gasteiger partial charge < -0.3 is 67.7 Å². The number of aliphatic hydroxyl groups is 2. The summed E-state index contributed by atoms with van der Waals surface area (Å²) in [4.78, 5) is 140. The summed E-state index contributed by atoms with van der Waals surface area (Å²) >= 11 is 0. The second kappa shape index (κ2) is 33.3. The Hall–Kier alpha value is -7.48. The lowest BCUT2D eigenvalue weighted by atomic mass is 9.90. The van der Waals surface area contributed by atoms with Crippen LogP contribution in [0.15, 0.2) is 84.9 Å². The largest absolute Gasteiger partial charge is 0.508 e. The van der Waals surface area contributed by atoms with E-state index in [2.05, 4.69) is 42.5 Å².